The van der Waals surface area contributed by atoms with Crippen LogP contribution >= 0.6 is 0 Å². The number of rotatable bonds is 12. The number of hydrogen-bond acceptors (Lipinski definition) is 3. The number of guanidine groups is 1. The molecule has 0 aromatic carbocycles. The van der Waals surface area contributed by atoms with Crippen molar-refractivity contribution in [2.45, 2.75) is 79.4 Å². The fourth-order valence-electron chi connectivity index (χ4n) is 3.15. The molecule has 0 saturated heterocycles. The van der Waals surface area contributed by atoms with Crippen LogP contribution in [-0.2, 0) is 6.54 Å². The molecule has 0 atom stereocenters. The maximum absolute atomic E-state index is 4.72. The van der Waals surface area contributed by atoms with Crippen LogP contribution in [0.1, 0.15) is 59.7 Å². The first-order valence-corrected chi connectivity index (χ1v) is 10.2. The van der Waals surface area contributed by atoms with Crippen LogP contribution < -0.4 is 10.6 Å². The summed E-state index contributed by atoms with van der Waals surface area (Å²) >= 11 is 0. The first-order valence-electron chi connectivity index (χ1n) is 10.2. The predicted molar refractivity (Wildman–Crippen MR) is 112 cm³/mol. The Bertz CT molecular complexity index is 498. The largest absolute Gasteiger partial charge is 0.357 e. The first kappa shape index (κ1) is 22.5. The zero-order valence-corrected chi connectivity index (χ0v) is 17.8. The van der Waals surface area contributed by atoms with Gasteiger partial charge in [-0.3, -0.25) is 9.89 Å². The molecule has 0 saturated carbocycles. The van der Waals surface area contributed by atoms with E-state index in [1.54, 1.807) is 0 Å². The van der Waals surface area contributed by atoms with Gasteiger partial charge in [0.2, 0.25) is 0 Å². The van der Waals surface area contributed by atoms with Crippen molar-refractivity contribution in [3.05, 3.63) is 18.2 Å². The summed E-state index contributed by atoms with van der Waals surface area (Å²) in [6, 6.07) is 1.17. The molecule has 1 aromatic rings. The lowest BCUT2D eigenvalue weighted by atomic mass is 10.2. The Morgan fingerprint density at radius 3 is 2.46 bits per heavy atom. The van der Waals surface area contributed by atoms with E-state index in [2.05, 4.69) is 59.7 Å². The van der Waals surface area contributed by atoms with E-state index in [0.717, 1.165) is 63.8 Å². The molecule has 0 bridgehead atoms. The summed E-state index contributed by atoms with van der Waals surface area (Å²) < 4.78 is 2.20. The second-order valence-electron chi connectivity index (χ2n) is 7.34. The molecule has 0 aliphatic rings. The maximum Gasteiger partial charge on any atom is 0.191 e. The maximum atomic E-state index is 4.72. The summed E-state index contributed by atoms with van der Waals surface area (Å²) in [4.78, 5) is 11.5. The van der Waals surface area contributed by atoms with E-state index in [-0.39, 0.29) is 0 Å². The summed E-state index contributed by atoms with van der Waals surface area (Å²) in [5, 5.41) is 6.79. The molecule has 0 spiro atoms. The van der Waals surface area contributed by atoms with Crippen LogP contribution in [0.2, 0.25) is 0 Å². The van der Waals surface area contributed by atoms with Gasteiger partial charge in [-0.1, -0.05) is 0 Å². The van der Waals surface area contributed by atoms with Crippen LogP contribution in [0.3, 0.4) is 0 Å². The highest BCUT2D eigenvalue weighted by molar-refractivity contribution is 5.79. The molecule has 0 unspecified atom stereocenters. The van der Waals surface area contributed by atoms with Gasteiger partial charge in [0.15, 0.2) is 5.96 Å². The van der Waals surface area contributed by atoms with Crippen LogP contribution in [0.25, 0.3) is 0 Å². The van der Waals surface area contributed by atoms with Gasteiger partial charge in [0.05, 0.1) is 0 Å². The molecule has 1 aromatic heterocycles. The molecule has 2 N–H and O–H groups in total. The van der Waals surface area contributed by atoms with Gasteiger partial charge in [-0.25, -0.2) is 4.98 Å². The zero-order valence-electron chi connectivity index (χ0n) is 17.8. The van der Waals surface area contributed by atoms with Crippen molar-refractivity contribution in [1.29, 1.82) is 0 Å². The van der Waals surface area contributed by atoms with E-state index >= 15 is 0 Å². The van der Waals surface area contributed by atoms with Gasteiger partial charge in [-0.2, -0.15) is 0 Å². The molecule has 0 fully saturated rings. The number of aromatic nitrogens is 2. The second kappa shape index (κ2) is 12.7. The van der Waals surface area contributed by atoms with Crippen LogP contribution in [-0.4, -0.2) is 58.7 Å². The number of imidazole rings is 1. The number of aliphatic imine (C=N–C) groups is 1. The standard InChI is InChI=1S/C20H40N6/c1-7-21-20(24-12-10-15-26(17(2)3)18(4)5)23-11-8-9-14-25-16-13-22-19(25)6/h13,16-18H,7-12,14-15H2,1-6H3,(H2,21,23,24). The van der Waals surface area contributed by atoms with Gasteiger partial charge in [-0.15, -0.1) is 0 Å². The zero-order chi connectivity index (χ0) is 19.4. The Morgan fingerprint density at radius 2 is 1.88 bits per heavy atom. The van der Waals surface area contributed by atoms with E-state index in [4.69, 9.17) is 4.99 Å². The summed E-state index contributed by atoms with van der Waals surface area (Å²) in [5.74, 6) is 2.02. The summed E-state index contributed by atoms with van der Waals surface area (Å²) in [6.07, 6.45) is 7.26. The molecule has 1 rings (SSSR count). The highest BCUT2D eigenvalue weighted by Crippen LogP contribution is 2.05. The molecule has 0 aliphatic heterocycles. The lowest BCUT2D eigenvalue weighted by Crippen LogP contribution is -2.39. The Kier molecular flexibility index (Phi) is 11.0. The number of unbranched alkanes of at least 4 members (excludes halogenated alkanes) is 1. The van der Waals surface area contributed by atoms with Crippen LogP contribution in [0.15, 0.2) is 17.4 Å². The first-order chi connectivity index (χ1) is 12.5. The van der Waals surface area contributed by atoms with E-state index in [1.165, 1.54) is 0 Å². The van der Waals surface area contributed by atoms with Crippen molar-refractivity contribution < 1.29 is 0 Å². The average Bonchev–Trinajstić information content (AvgIpc) is 2.98. The molecule has 150 valence electrons. The SMILES string of the molecule is CCNC(=NCCCN(C(C)C)C(C)C)NCCCCn1ccnc1C. The molecular formula is C20H40N6. The third-order valence-electron chi connectivity index (χ3n) is 4.56. The van der Waals surface area contributed by atoms with Gasteiger partial charge in [-0.05, 0) is 60.8 Å². The second-order valence-corrected chi connectivity index (χ2v) is 7.34. The van der Waals surface area contributed by atoms with Crippen molar-refractivity contribution in [1.82, 2.24) is 25.1 Å². The monoisotopic (exact) mass is 364 g/mol. The molecule has 0 amide bonds. The minimum absolute atomic E-state index is 0.587. The number of nitrogens with one attached hydrogen (secondary N) is 2. The van der Waals surface area contributed by atoms with Crippen molar-refractivity contribution >= 4 is 5.96 Å². The lowest BCUT2D eigenvalue weighted by Gasteiger charge is -2.30. The van der Waals surface area contributed by atoms with Gasteiger partial charge >= 0.3 is 0 Å². The lowest BCUT2D eigenvalue weighted by molar-refractivity contribution is 0.174. The average molecular weight is 365 g/mol. The molecule has 26 heavy (non-hydrogen) atoms. The fraction of sp³-hybridized carbons (Fsp3) is 0.800. The number of hydrogen-bond donors (Lipinski definition) is 2. The van der Waals surface area contributed by atoms with Gasteiger partial charge in [0.1, 0.15) is 5.82 Å². The molecule has 0 radical (unpaired) electrons. The molecular weight excluding hydrogens is 324 g/mol. The van der Waals surface area contributed by atoms with Crippen LogP contribution in [0.5, 0.6) is 0 Å². The minimum atomic E-state index is 0.587. The minimum Gasteiger partial charge on any atom is -0.357 e. The normalized spacial score (nSPS) is 12.4. The molecule has 0 aliphatic carbocycles. The van der Waals surface area contributed by atoms with E-state index in [0.29, 0.717) is 12.1 Å². The van der Waals surface area contributed by atoms with Gasteiger partial charge < -0.3 is 15.2 Å². The smallest absolute Gasteiger partial charge is 0.191 e. The topological polar surface area (TPSA) is 57.5 Å². The summed E-state index contributed by atoms with van der Waals surface area (Å²) in [6.45, 7) is 18.0. The van der Waals surface area contributed by atoms with Crippen LogP contribution in [0, 0.1) is 6.92 Å². The predicted octanol–water partition coefficient (Wildman–Crippen LogP) is 3.04. The quantitative estimate of drug-likeness (QED) is 0.340. The highest BCUT2D eigenvalue weighted by atomic mass is 15.2. The van der Waals surface area contributed by atoms with Crippen molar-refractivity contribution in [2.24, 2.45) is 4.99 Å². The Morgan fingerprint density at radius 1 is 1.15 bits per heavy atom. The van der Waals surface area contributed by atoms with Crippen molar-refractivity contribution in [2.75, 3.05) is 26.2 Å². The van der Waals surface area contributed by atoms with Crippen molar-refractivity contribution in [3.8, 4) is 0 Å². The van der Waals surface area contributed by atoms with E-state index in [1.807, 2.05) is 19.3 Å². The molecule has 6 nitrogen and oxygen atoms in total. The van der Waals surface area contributed by atoms with Gasteiger partial charge in [0.25, 0.3) is 0 Å². The molecule has 6 heteroatoms. The Hall–Kier alpha value is -1.56. The number of aryl methyl sites for hydroxylation is 2. The highest BCUT2D eigenvalue weighted by Gasteiger charge is 2.12. The fourth-order valence-corrected chi connectivity index (χ4v) is 3.15. The van der Waals surface area contributed by atoms with Crippen LogP contribution in [0.4, 0.5) is 0 Å². The summed E-state index contributed by atoms with van der Waals surface area (Å²) in [5.41, 5.74) is 0. The number of nitrogens with zero attached hydrogens (tertiary/aromatic N) is 4. The Balaban J connectivity index is 2.26. The van der Waals surface area contributed by atoms with E-state index < -0.39 is 0 Å². The van der Waals surface area contributed by atoms with E-state index in [9.17, 15) is 0 Å². The van der Waals surface area contributed by atoms with Gasteiger partial charge in [0, 0.05) is 57.2 Å². The summed E-state index contributed by atoms with van der Waals surface area (Å²) in [7, 11) is 0. The van der Waals surface area contributed by atoms with Crippen molar-refractivity contribution in [3.63, 3.8) is 0 Å². The molecule has 1 heterocycles. The third kappa shape index (κ3) is 8.70. The Labute approximate surface area is 160 Å². The third-order valence-corrected chi connectivity index (χ3v) is 4.56.